The van der Waals surface area contributed by atoms with Gasteiger partial charge < -0.3 is 25.3 Å². The van der Waals surface area contributed by atoms with Crippen LogP contribution in [-0.2, 0) is 0 Å². The Kier molecular flexibility index (Phi) is 8.43. The summed E-state index contributed by atoms with van der Waals surface area (Å²) >= 11 is 0. The first kappa shape index (κ1) is 20.4. The molecule has 0 atom stereocenters. The van der Waals surface area contributed by atoms with Gasteiger partial charge in [-0.25, -0.2) is 0 Å². The second kappa shape index (κ2) is 10.3. The van der Waals surface area contributed by atoms with Crippen LogP contribution in [0.1, 0.15) is 16.8 Å². The summed E-state index contributed by atoms with van der Waals surface area (Å²) in [4.78, 5) is 12.0. The predicted molar refractivity (Wildman–Crippen MR) is 100 cm³/mol. The van der Waals surface area contributed by atoms with Gasteiger partial charge in [-0.2, -0.15) is 0 Å². The summed E-state index contributed by atoms with van der Waals surface area (Å²) in [5.74, 6) is 1.80. The van der Waals surface area contributed by atoms with Gasteiger partial charge in [0, 0.05) is 30.4 Å². The summed E-state index contributed by atoms with van der Waals surface area (Å²) in [7, 11) is 3.17. The summed E-state index contributed by atoms with van der Waals surface area (Å²) in [6, 6.07) is 12.3. The Hall–Kier alpha value is -2.60. The summed E-state index contributed by atoms with van der Waals surface area (Å²) in [6.07, 6.45) is 0.665. The first-order chi connectivity index (χ1) is 11.6. The fraction of sp³-hybridized carbons (Fsp3) is 0.278. The lowest BCUT2D eigenvalue weighted by molar-refractivity contribution is 0.0952. The van der Waals surface area contributed by atoms with Gasteiger partial charge in [-0.1, -0.05) is 12.1 Å². The van der Waals surface area contributed by atoms with E-state index in [1.165, 1.54) is 0 Å². The molecule has 0 heterocycles. The zero-order chi connectivity index (χ0) is 17.4. The van der Waals surface area contributed by atoms with Crippen molar-refractivity contribution in [3.63, 3.8) is 0 Å². The number of hydrogen-bond donors (Lipinski definition) is 2. The Morgan fingerprint density at radius 1 is 1.04 bits per heavy atom. The Labute approximate surface area is 153 Å². The fourth-order valence-corrected chi connectivity index (χ4v) is 2.13. The zero-order valence-electron chi connectivity index (χ0n) is 14.3. The maximum Gasteiger partial charge on any atom is 0.253 e. The molecule has 2 aromatic rings. The van der Waals surface area contributed by atoms with Crippen LogP contribution in [0.2, 0.25) is 0 Å². The highest BCUT2D eigenvalue weighted by Gasteiger charge is 2.08. The summed E-state index contributed by atoms with van der Waals surface area (Å²) in [5.41, 5.74) is 6.72. The van der Waals surface area contributed by atoms with Crippen molar-refractivity contribution in [2.75, 3.05) is 33.1 Å². The van der Waals surface area contributed by atoms with Crippen molar-refractivity contribution in [1.29, 1.82) is 0 Å². The minimum Gasteiger partial charge on any atom is -0.496 e. The Balaban J connectivity index is 0.00000312. The molecule has 7 heteroatoms. The Morgan fingerprint density at radius 3 is 2.24 bits per heavy atom. The molecule has 0 aliphatic rings. The number of amides is 1. The maximum atomic E-state index is 12.0. The van der Waals surface area contributed by atoms with Crippen molar-refractivity contribution in [1.82, 2.24) is 5.32 Å². The molecule has 0 saturated heterocycles. The van der Waals surface area contributed by atoms with E-state index in [-0.39, 0.29) is 18.3 Å². The van der Waals surface area contributed by atoms with E-state index in [2.05, 4.69) is 5.32 Å². The first-order valence-corrected chi connectivity index (χ1v) is 7.62. The number of nitrogens with two attached hydrogens (primary N) is 1. The minimum atomic E-state index is -0.184. The molecular weight excluding hydrogens is 344 g/mol. The van der Waals surface area contributed by atoms with Crippen LogP contribution in [-0.4, -0.2) is 33.3 Å². The molecule has 0 aromatic heterocycles. The third kappa shape index (κ3) is 6.08. The van der Waals surface area contributed by atoms with Crippen molar-refractivity contribution >= 4 is 24.0 Å². The van der Waals surface area contributed by atoms with Crippen LogP contribution in [0.25, 0.3) is 0 Å². The van der Waals surface area contributed by atoms with E-state index in [9.17, 15) is 4.79 Å². The Bertz CT molecular complexity index is 672. The van der Waals surface area contributed by atoms with Crippen molar-refractivity contribution in [3.05, 3.63) is 48.0 Å². The SMILES string of the molecule is COc1cc(OC)cc(OCCCNC(=O)c2ccccc2N)c1.Cl. The average Bonchev–Trinajstić information content (AvgIpc) is 2.61. The topological polar surface area (TPSA) is 82.8 Å². The smallest absolute Gasteiger partial charge is 0.253 e. The third-order valence-corrected chi connectivity index (χ3v) is 3.41. The molecule has 0 spiro atoms. The van der Waals surface area contributed by atoms with E-state index < -0.39 is 0 Å². The van der Waals surface area contributed by atoms with Gasteiger partial charge in [0.15, 0.2) is 0 Å². The summed E-state index contributed by atoms with van der Waals surface area (Å²) < 4.78 is 16.0. The van der Waals surface area contributed by atoms with Gasteiger partial charge in [0.2, 0.25) is 0 Å². The molecule has 0 radical (unpaired) electrons. The van der Waals surface area contributed by atoms with E-state index in [1.807, 2.05) is 0 Å². The van der Waals surface area contributed by atoms with Crippen LogP contribution in [0.15, 0.2) is 42.5 Å². The summed E-state index contributed by atoms with van der Waals surface area (Å²) in [6.45, 7) is 0.954. The summed E-state index contributed by atoms with van der Waals surface area (Å²) in [5, 5.41) is 2.82. The van der Waals surface area contributed by atoms with Crippen molar-refractivity contribution in [2.45, 2.75) is 6.42 Å². The number of hydrogen-bond acceptors (Lipinski definition) is 5. The van der Waals surface area contributed by atoms with E-state index in [0.717, 1.165) is 0 Å². The number of benzene rings is 2. The van der Waals surface area contributed by atoms with E-state index in [1.54, 1.807) is 56.7 Å². The van der Waals surface area contributed by atoms with E-state index in [0.29, 0.717) is 48.1 Å². The number of ether oxygens (including phenoxy) is 3. The second-order valence-corrected chi connectivity index (χ2v) is 5.09. The molecule has 0 aliphatic heterocycles. The molecule has 136 valence electrons. The monoisotopic (exact) mass is 366 g/mol. The highest BCUT2D eigenvalue weighted by atomic mass is 35.5. The van der Waals surface area contributed by atoms with E-state index >= 15 is 0 Å². The van der Waals surface area contributed by atoms with Crippen LogP contribution in [0.5, 0.6) is 17.2 Å². The number of para-hydroxylation sites is 1. The highest BCUT2D eigenvalue weighted by Crippen LogP contribution is 2.27. The van der Waals surface area contributed by atoms with Gasteiger partial charge >= 0.3 is 0 Å². The minimum absolute atomic E-state index is 0. The number of nitrogen functional groups attached to an aromatic ring is 1. The number of methoxy groups -OCH3 is 2. The first-order valence-electron chi connectivity index (χ1n) is 7.62. The number of carbonyl (C=O) groups excluding carboxylic acids is 1. The van der Waals surface area contributed by atoms with Crippen LogP contribution in [0.3, 0.4) is 0 Å². The molecular formula is C18H23ClN2O4. The number of carbonyl (C=O) groups is 1. The predicted octanol–water partition coefficient (Wildman–Crippen LogP) is 2.91. The standard InChI is InChI=1S/C18H22N2O4.ClH/c1-22-13-10-14(23-2)12-15(11-13)24-9-5-8-20-18(21)16-6-3-4-7-17(16)19;/h3-4,6-7,10-12H,5,8-9,19H2,1-2H3,(H,20,21);1H. The normalized spacial score (nSPS) is 9.68. The molecule has 3 N–H and O–H groups in total. The van der Waals surface area contributed by atoms with Gasteiger partial charge in [0.1, 0.15) is 17.2 Å². The van der Waals surface area contributed by atoms with Crippen LogP contribution < -0.4 is 25.3 Å². The van der Waals surface area contributed by atoms with Gasteiger partial charge in [-0.3, -0.25) is 4.79 Å². The van der Waals surface area contributed by atoms with Crippen LogP contribution >= 0.6 is 12.4 Å². The Morgan fingerprint density at radius 2 is 1.64 bits per heavy atom. The van der Waals surface area contributed by atoms with Gasteiger partial charge in [-0.05, 0) is 18.6 Å². The maximum absolute atomic E-state index is 12.0. The highest BCUT2D eigenvalue weighted by molar-refractivity contribution is 5.99. The molecule has 2 aromatic carbocycles. The fourth-order valence-electron chi connectivity index (χ4n) is 2.13. The molecule has 0 unspecified atom stereocenters. The van der Waals surface area contributed by atoms with Crippen LogP contribution in [0.4, 0.5) is 5.69 Å². The second-order valence-electron chi connectivity index (χ2n) is 5.09. The number of anilines is 1. The number of rotatable bonds is 8. The van der Waals surface area contributed by atoms with Crippen molar-refractivity contribution < 1.29 is 19.0 Å². The van der Waals surface area contributed by atoms with Crippen LogP contribution in [0, 0.1) is 0 Å². The lowest BCUT2D eigenvalue weighted by Gasteiger charge is -2.11. The van der Waals surface area contributed by atoms with Gasteiger partial charge in [0.05, 0.1) is 26.4 Å². The van der Waals surface area contributed by atoms with Gasteiger partial charge in [0.25, 0.3) is 5.91 Å². The number of nitrogens with one attached hydrogen (secondary N) is 1. The van der Waals surface area contributed by atoms with Crippen molar-refractivity contribution in [3.8, 4) is 17.2 Å². The molecule has 25 heavy (non-hydrogen) atoms. The quantitative estimate of drug-likeness (QED) is 0.554. The third-order valence-electron chi connectivity index (χ3n) is 3.41. The van der Waals surface area contributed by atoms with Crippen molar-refractivity contribution in [2.24, 2.45) is 0 Å². The largest absolute Gasteiger partial charge is 0.496 e. The lowest BCUT2D eigenvalue weighted by atomic mass is 10.1. The molecule has 6 nitrogen and oxygen atoms in total. The molecule has 0 fully saturated rings. The van der Waals surface area contributed by atoms with Gasteiger partial charge in [-0.15, -0.1) is 12.4 Å². The van der Waals surface area contributed by atoms with E-state index in [4.69, 9.17) is 19.9 Å². The molecule has 2 rings (SSSR count). The lowest BCUT2D eigenvalue weighted by Crippen LogP contribution is -2.26. The molecule has 0 bridgehead atoms. The number of halogens is 1. The zero-order valence-corrected chi connectivity index (χ0v) is 15.1. The molecule has 0 saturated carbocycles. The molecule has 0 aliphatic carbocycles. The molecule has 1 amide bonds. The average molecular weight is 367 g/mol.